The number of benzene rings is 1. The van der Waals surface area contributed by atoms with Gasteiger partial charge in [0, 0.05) is 7.05 Å². The van der Waals surface area contributed by atoms with E-state index in [2.05, 4.69) is 31.0 Å². The van der Waals surface area contributed by atoms with Crippen LogP contribution in [0.4, 0.5) is 5.69 Å². The standard InChI is InChI=1S/C10H11BrN4O3S/c1-15-10(9(11)12-14-15)19(16,17)13-7-5-3-4-6-8(7)18-2/h3-6,13H,1-2H3. The highest BCUT2D eigenvalue weighted by Gasteiger charge is 2.24. The van der Waals surface area contributed by atoms with Crippen molar-refractivity contribution in [3.05, 3.63) is 28.9 Å². The summed E-state index contributed by atoms with van der Waals surface area (Å²) in [6, 6.07) is 6.72. The SMILES string of the molecule is COc1ccccc1NS(=O)(=O)c1c(Br)nnn1C. The fourth-order valence-electron chi connectivity index (χ4n) is 1.53. The van der Waals surface area contributed by atoms with Crippen molar-refractivity contribution in [2.75, 3.05) is 11.8 Å². The minimum absolute atomic E-state index is 0.0570. The van der Waals surface area contributed by atoms with Gasteiger partial charge in [0.25, 0.3) is 10.0 Å². The molecule has 0 aliphatic carbocycles. The van der Waals surface area contributed by atoms with Crippen LogP contribution in [0, 0.1) is 0 Å². The molecule has 0 radical (unpaired) electrons. The zero-order valence-electron chi connectivity index (χ0n) is 10.2. The van der Waals surface area contributed by atoms with Gasteiger partial charge in [-0.05, 0) is 28.1 Å². The zero-order valence-corrected chi connectivity index (χ0v) is 12.6. The van der Waals surface area contributed by atoms with Crippen LogP contribution in [-0.2, 0) is 17.1 Å². The van der Waals surface area contributed by atoms with Gasteiger partial charge >= 0.3 is 0 Å². The molecule has 2 aromatic rings. The average molecular weight is 347 g/mol. The first-order valence-corrected chi connectivity index (χ1v) is 7.44. The fourth-order valence-corrected chi connectivity index (χ4v) is 3.70. The van der Waals surface area contributed by atoms with E-state index in [-0.39, 0.29) is 9.63 Å². The molecule has 0 spiro atoms. The maximum Gasteiger partial charge on any atom is 0.282 e. The van der Waals surface area contributed by atoms with Crippen LogP contribution in [0.25, 0.3) is 0 Å². The number of aromatic nitrogens is 3. The van der Waals surface area contributed by atoms with Crippen molar-refractivity contribution in [2.24, 2.45) is 7.05 Å². The predicted molar refractivity (Wildman–Crippen MR) is 72.5 cm³/mol. The maximum atomic E-state index is 12.3. The molecule has 0 unspecified atom stereocenters. The quantitative estimate of drug-likeness (QED) is 0.903. The van der Waals surface area contributed by atoms with Crippen molar-refractivity contribution < 1.29 is 13.2 Å². The Morgan fingerprint density at radius 1 is 1.37 bits per heavy atom. The monoisotopic (exact) mass is 346 g/mol. The Kier molecular flexibility index (Phi) is 3.76. The number of ether oxygens (including phenoxy) is 1. The van der Waals surface area contributed by atoms with Gasteiger partial charge in [-0.1, -0.05) is 17.3 Å². The first-order valence-electron chi connectivity index (χ1n) is 5.16. The number of para-hydroxylation sites is 2. The zero-order chi connectivity index (χ0) is 14.0. The van der Waals surface area contributed by atoms with Crippen LogP contribution in [0.3, 0.4) is 0 Å². The average Bonchev–Trinajstić information content (AvgIpc) is 2.70. The van der Waals surface area contributed by atoms with Gasteiger partial charge in [-0.15, -0.1) is 5.10 Å². The number of nitrogens with one attached hydrogen (secondary N) is 1. The number of nitrogens with zero attached hydrogens (tertiary/aromatic N) is 3. The first-order chi connectivity index (χ1) is 8.95. The summed E-state index contributed by atoms with van der Waals surface area (Å²) in [5.41, 5.74) is 0.345. The van der Waals surface area contributed by atoms with Crippen LogP contribution in [-0.4, -0.2) is 30.5 Å². The molecule has 2 rings (SSSR count). The lowest BCUT2D eigenvalue weighted by molar-refractivity contribution is 0.417. The van der Waals surface area contributed by atoms with E-state index in [4.69, 9.17) is 4.74 Å². The highest BCUT2D eigenvalue weighted by atomic mass is 79.9. The van der Waals surface area contributed by atoms with E-state index in [9.17, 15) is 8.42 Å². The van der Waals surface area contributed by atoms with Crippen LogP contribution < -0.4 is 9.46 Å². The number of halogens is 1. The number of hydrogen-bond donors (Lipinski definition) is 1. The summed E-state index contributed by atoms with van der Waals surface area (Å²) >= 11 is 3.06. The molecule has 0 amide bonds. The summed E-state index contributed by atoms with van der Waals surface area (Å²) in [5.74, 6) is 0.428. The van der Waals surface area contributed by atoms with Crippen LogP contribution in [0.5, 0.6) is 5.75 Å². The second-order valence-electron chi connectivity index (χ2n) is 3.61. The highest BCUT2D eigenvalue weighted by molar-refractivity contribution is 9.10. The molecule has 0 aliphatic rings. The molecule has 1 aromatic carbocycles. The third-order valence-corrected chi connectivity index (χ3v) is 4.59. The summed E-state index contributed by atoms with van der Waals surface area (Å²) in [6.07, 6.45) is 0. The third kappa shape index (κ3) is 2.71. The van der Waals surface area contributed by atoms with Crippen molar-refractivity contribution in [2.45, 2.75) is 5.03 Å². The second-order valence-corrected chi connectivity index (χ2v) is 5.96. The molecule has 0 atom stereocenters. The molecular weight excluding hydrogens is 336 g/mol. The molecule has 0 fully saturated rings. The van der Waals surface area contributed by atoms with Gasteiger partial charge in [0.2, 0.25) is 5.03 Å². The van der Waals surface area contributed by atoms with E-state index in [0.717, 1.165) is 0 Å². The molecule has 9 heteroatoms. The Balaban J connectivity index is 2.43. The van der Waals surface area contributed by atoms with Gasteiger partial charge < -0.3 is 4.74 Å². The normalized spacial score (nSPS) is 11.3. The van der Waals surface area contributed by atoms with Gasteiger partial charge in [-0.25, -0.2) is 4.68 Å². The molecule has 7 nitrogen and oxygen atoms in total. The van der Waals surface area contributed by atoms with E-state index >= 15 is 0 Å². The largest absolute Gasteiger partial charge is 0.495 e. The topological polar surface area (TPSA) is 86.1 Å². The van der Waals surface area contributed by atoms with E-state index < -0.39 is 10.0 Å². The predicted octanol–water partition coefficient (Wildman–Crippen LogP) is 1.39. The lowest BCUT2D eigenvalue weighted by Gasteiger charge is -2.11. The second kappa shape index (κ2) is 5.17. The van der Waals surface area contributed by atoms with Gasteiger partial charge in [0.1, 0.15) is 5.75 Å². The van der Waals surface area contributed by atoms with Crippen molar-refractivity contribution in [1.29, 1.82) is 0 Å². The van der Waals surface area contributed by atoms with E-state index in [1.165, 1.54) is 18.8 Å². The number of aryl methyl sites for hydroxylation is 1. The van der Waals surface area contributed by atoms with Gasteiger partial charge in [-0.2, -0.15) is 8.42 Å². The maximum absolute atomic E-state index is 12.3. The molecule has 1 heterocycles. The molecule has 0 saturated heterocycles. The van der Waals surface area contributed by atoms with Crippen LogP contribution >= 0.6 is 15.9 Å². The smallest absolute Gasteiger partial charge is 0.282 e. The summed E-state index contributed by atoms with van der Waals surface area (Å²) in [5, 5.41) is 7.22. The minimum atomic E-state index is -3.80. The van der Waals surface area contributed by atoms with Crippen molar-refractivity contribution >= 4 is 31.6 Å². The highest BCUT2D eigenvalue weighted by Crippen LogP contribution is 2.27. The fraction of sp³-hybridized carbons (Fsp3) is 0.200. The lowest BCUT2D eigenvalue weighted by Crippen LogP contribution is -2.17. The first kappa shape index (κ1) is 13.8. The number of rotatable bonds is 4. The molecule has 1 aromatic heterocycles. The van der Waals surface area contributed by atoms with E-state index in [1.54, 1.807) is 24.3 Å². The van der Waals surface area contributed by atoms with Gasteiger partial charge in [-0.3, -0.25) is 4.72 Å². The summed E-state index contributed by atoms with van der Waals surface area (Å²) in [7, 11) is -0.841. The van der Waals surface area contributed by atoms with Crippen molar-refractivity contribution in [3.63, 3.8) is 0 Å². The Morgan fingerprint density at radius 2 is 2.05 bits per heavy atom. The number of anilines is 1. The van der Waals surface area contributed by atoms with Crippen molar-refractivity contribution in [1.82, 2.24) is 15.0 Å². The Bertz CT molecular complexity index is 679. The van der Waals surface area contributed by atoms with Gasteiger partial charge in [0.05, 0.1) is 12.8 Å². The third-order valence-electron chi connectivity index (χ3n) is 2.34. The van der Waals surface area contributed by atoms with Crippen LogP contribution in [0.15, 0.2) is 33.9 Å². The van der Waals surface area contributed by atoms with Gasteiger partial charge in [0.15, 0.2) is 4.60 Å². The molecule has 0 bridgehead atoms. The number of methoxy groups -OCH3 is 1. The molecule has 102 valence electrons. The Morgan fingerprint density at radius 3 is 2.63 bits per heavy atom. The van der Waals surface area contributed by atoms with E-state index in [0.29, 0.717) is 11.4 Å². The summed E-state index contributed by atoms with van der Waals surface area (Å²) < 4.78 is 33.4. The Hall–Kier alpha value is -1.61. The summed E-state index contributed by atoms with van der Waals surface area (Å²) in [6.45, 7) is 0. The molecule has 1 N–H and O–H groups in total. The lowest BCUT2D eigenvalue weighted by atomic mass is 10.3. The number of sulfonamides is 1. The van der Waals surface area contributed by atoms with Crippen LogP contribution in [0.2, 0.25) is 0 Å². The Labute approximate surface area is 118 Å². The molecule has 19 heavy (non-hydrogen) atoms. The number of hydrogen-bond acceptors (Lipinski definition) is 5. The minimum Gasteiger partial charge on any atom is -0.495 e. The molecular formula is C10H11BrN4O3S. The van der Waals surface area contributed by atoms with E-state index in [1.807, 2.05) is 0 Å². The summed E-state index contributed by atoms with van der Waals surface area (Å²) in [4.78, 5) is 0. The molecule has 0 saturated carbocycles. The molecule has 0 aliphatic heterocycles. The van der Waals surface area contributed by atoms with Crippen LogP contribution in [0.1, 0.15) is 0 Å². The van der Waals surface area contributed by atoms with Crippen molar-refractivity contribution in [3.8, 4) is 5.75 Å².